The van der Waals surface area contributed by atoms with Crippen molar-refractivity contribution in [2.75, 3.05) is 61.0 Å². The Morgan fingerprint density at radius 1 is 0.675 bits per heavy atom. The van der Waals surface area contributed by atoms with Crippen LogP contribution in [-0.4, -0.2) is 96.3 Å². The van der Waals surface area contributed by atoms with Crippen molar-refractivity contribution in [1.29, 1.82) is 0 Å². The Morgan fingerprint density at radius 2 is 1.23 bits per heavy atom. The summed E-state index contributed by atoms with van der Waals surface area (Å²) in [6, 6.07) is 9.21. The molecule has 1 N–H and O–H groups in total. The Kier molecular flexibility index (Phi) is 17.6. The Labute approximate surface area is 233 Å². The summed E-state index contributed by atoms with van der Waals surface area (Å²) >= 11 is 0. The minimum atomic E-state index is -1.30. The molecule has 0 spiro atoms. The highest BCUT2D eigenvalue weighted by Gasteiger charge is 2.34. The Morgan fingerprint density at radius 3 is 1.77 bits per heavy atom. The van der Waals surface area contributed by atoms with Crippen molar-refractivity contribution < 1.29 is 57.1 Å². The maximum Gasteiger partial charge on any atom is 0.331 e. The number of carbonyl (C=O) groups is 5. The van der Waals surface area contributed by atoms with Crippen LogP contribution in [0.15, 0.2) is 30.3 Å². The zero-order valence-electron chi connectivity index (χ0n) is 23.3. The van der Waals surface area contributed by atoms with E-state index in [4.69, 9.17) is 18.9 Å². The molecule has 0 aliphatic carbocycles. The zero-order valence-corrected chi connectivity index (χ0v) is 23.3. The normalized spacial score (nSPS) is 10.9. The molecule has 0 aliphatic rings. The maximum atomic E-state index is 12.9. The summed E-state index contributed by atoms with van der Waals surface area (Å²) in [6.07, 6.45) is 0.154. The van der Waals surface area contributed by atoms with Crippen LogP contribution in [0.2, 0.25) is 0 Å². The predicted octanol–water partition coefficient (Wildman–Crippen LogP) is 1.10. The maximum absolute atomic E-state index is 12.9. The molecule has 0 saturated heterocycles. The van der Waals surface area contributed by atoms with Gasteiger partial charge < -0.3 is 38.5 Å². The van der Waals surface area contributed by atoms with E-state index in [0.29, 0.717) is 0 Å². The van der Waals surface area contributed by atoms with Gasteiger partial charge in [0.1, 0.15) is 18.8 Å². The first kappa shape index (κ1) is 34.5. The first-order chi connectivity index (χ1) is 19.2. The van der Waals surface area contributed by atoms with Crippen molar-refractivity contribution in [3.05, 3.63) is 35.9 Å². The SMILES string of the molecule is COC(=O)CCOCC(COCCC(=O)OC)(COCC(=O)OC)NC(=O)CCCC(=O)OCc1ccccc1. The summed E-state index contributed by atoms with van der Waals surface area (Å²) in [5, 5.41) is 2.81. The van der Waals surface area contributed by atoms with Gasteiger partial charge in [0.2, 0.25) is 5.91 Å². The molecule has 0 radical (unpaired) electrons. The largest absolute Gasteiger partial charge is 0.469 e. The summed E-state index contributed by atoms with van der Waals surface area (Å²) in [4.78, 5) is 59.4. The molecule has 1 rings (SSSR count). The molecular weight excluding hydrogens is 530 g/mol. The van der Waals surface area contributed by atoms with Crippen molar-refractivity contribution in [2.45, 2.75) is 44.2 Å². The van der Waals surface area contributed by atoms with Crippen LogP contribution < -0.4 is 5.32 Å². The fourth-order valence-corrected chi connectivity index (χ4v) is 3.23. The number of rotatable bonds is 21. The number of carbonyl (C=O) groups excluding carboxylic acids is 5. The quantitative estimate of drug-likeness (QED) is 0.128. The smallest absolute Gasteiger partial charge is 0.331 e. The van der Waals surface area contributed by atoms with Crippen LogP contribution in [0.1, 0.15) is 37.7 Å². The second-order valence-corrected chi connectivity index (χ2v) is 8.65. The van der Waals surface area contributed by atoms with E-state index in [9.17, 15) is 24.0 Å². The lowest BCUT2D eigenvalue weighted by molar-refractivity contribution is -0.149. The van der Waals surface area contributed by atoms with Crippen LogP contribution in [0.3, 0.4) is 0 Å². The molecule has 13 nitrogen and oxygen atoms in total. The molecule has 0 fully saturated rings. The van der Waals surface area contributed by atoms with E-state index in [2.05, 4.69) is 19.5 Å². The van der Waals surface area contributed by atoms with Crippen LogP contribution in [-0.2, 0) is 63.7 Å². The number of hydrogen-bond donors (Lipinski definition) is 1. The van der Waals surface area contributed by atoms with E-state index in [1.54, 1.807) is 0 Å². The van der Waals surface area contributed by atoms with Gasteiger partial charge in [0.25, 0.3) is 0 Å². The standard InChI is InChI=1S/C27H39NO12/c1-34-23(30)12-14-37-18-27(20-39-17-26(33)36-3,19-38-15-13-24(31)35-2)28-22(29)10-7-11-25(32)40-16-21-8-5-4-6-9-21/h4-6,8-9H,7,10-20H2,1-3H3,(H,28,29). The molecule has 40 heavy (non-hydrogen) atoms. The second-order valence-electron chi connectivity index (χ2n) is 8.65. The predicted molar refractivity (Wildman–Crippen MR) is 139 cm³/mol. The summed E-state index contributed by atoms with van der Waals surface area (Å²) in [7, 11) is 3.71. The fourth-order valence-electron chi connectivity index (χ4n) is 3.23. The Bertz CT molecular complexity index is 897. The van der Waals surface area contributed by atoms with Crippen molar-refractivity contribution in [1.82, 2.24) is 5.32 Å². The van der Waals surface area contributed by atoms with Crippen molar-refractivity contribution in [2.24, 2.45) is 0 Å². The molecule has 0 saturated carbocycles. The van der Waals surface area contributed by atoms with Gasteiger partial charge in [-0.25, -0.2) is 4.79 Å². The van der Waals surface area contributed by atoms with Gasteiger partial charge in [-0.15, -0.1) is 0 Å². The van der Waals surface area contributed by atoms with Crippen LogP contribution in [0.5, 0.6) is 0 Å². The summed E-state index contributed by atoms with van der Waals surface area (Å²) < 4.78 is 35.7. The Balaban J connectivity index is 2.78. The molecular formula is C27H39NO12. The molecule has 1 aromatic rings. The number of benzene rings is 1. The van der Waals surface area contributed by atoms with Gasteiger partial charge in [0.15, 0.2) is 0 Å². The third-order valence-electron chi connectivity index (χ3n) is 5.37. The van der Waals surface area contributed by atoms with E-state index in [1.165, 1.54) is 21.3 Å². The van der Waals surface area contributed by atoms with E-state index in [0.717, 1.165) is 5.56 Å². The van der Waals surface area contributed by atoms with Crippen molar-refractivity contribution >= 4 is 29.8 Å². The summed E-state index contributed by atoms with van der Waals surface area (Å²) in [5.74, 6) is -2.48. The van der Waals surface area contributed by atoms with Crippen LogP contribution in [0, 0.1) is 0 Å². The molecule has 1 amide bonds. The molecule has 1 aromatic carbocycles. The first-order valence-electron chi connectivity index (χ1n) is 12.7. The van der Waals surface area contributed by atoms with Gasteiger partial charge in [-0.3, -0.25) is 19.2 Å². The third kappa shape index (κ3) is 15.8. The van der Waals surface area contributed by atoms with Gasteiger partial charge in [-0.05, 0) is 12.0 Å². The first-order valence-corrected chi connectivity index (χ1v) is 12.7. The van der Waals surface area contributed by atoms with E-state index < -0.39 is 41.9 Å². The van der Waals surface area contributed by atoms with Crippen LogP contribution >= 0.6 is 0 Å². The number of hydrogen-bond acceptors (Lipinski definition) is 12. The molecule has 13 heteroatoms. The van der Waals surface area contributed by atoms with Gasteiger partial charge in [0, 0.05) is 12.8 Å². The highest BCUT2D eigenvalue weighted by molar-refractivity contribution is 5.78. The number of methoxy groups -OCH3 is 3. The van der Waals surface area contributed by atoms with Gasteiger partial charge in [0.05, 0.1) is 67.2 Å². The monoisotopic (exact) mass is 569 g/mol. The summed E-state index contributed by atoms with van der Waals surface area (Å²) in [6.45, 7) is -0.830. The average Bonchev–Trinajstić information content (AvgIpc) is 2.96. The summed E-state index contributed by atoms with van der Waals surface area (Å²) in [5.41, 5.74) is -0.449. The second kappa shape index (κ2) is 20.4. The average molecular weight is 570 g/mol. The topological polar surface area (TPSA) is 162 Å². The zero-order chi connectivity index (χ0) is 29.6. The van der Waals surface area contributed by atoms with Crippen molar-refractivity contribution in [3.8, 4) is 0 Å². The Hall–Kier alpha value is -3.55. The molecule has 0 unspecified atom stereocenters. The molecule has 0 bridgehead atoms. The molecule has 0 heterocycles. The van der Waals surface area contributed by atoms with E-state index in [1.807, 2.05) is 30.3 Å². The molecule has 0 atom stereocenters. The molecule has 0 aliphatic heterocycles. The molecule has 0 aromatic heterocycles. The van der Waals surface area contributed by atoms with Crippen LogP contribution in [0.25, 0.3) is 0 Å². The van der Waals surface area contributed by atoms with Gasteiger partial charge in [-0.1, -0.05) is 30.3 Å². The highest BCUT2D eigenvalue weighted by Crippen LogP contribution is 2.12. The minimum Gasteiger partial charge on any atom is -0.469 e. The highest BCUT2D eigenvalue weighted by atomic mass is 16.6. The number of esters is 4. The lowest BCUT2D eigenvalue weighted by Gasteiger charge is -2.34. The van der Waals surface area contributed by atoms with E-state index in [-0.39, 0.29) is 71.7 Å². The third-order valence-corrected chi connectivity index (χ3v) is 5.37. The number of ether oxygens (including phenoxy) is 7. The van der Waals surface area contributed by atoms with Gasteiger partial charge >= 0.3 is 23.9 Å². The number of nitrogens with one attached hydrogen (secondary N) is 1. The molecule has 224 valence electrons. The lowest BCUT2D eigenvalue weighted by atomic mass is 10.0. The number of amides is 1. The lowest BCUT2D eigenvalue weighted by Crippen LogP contribution is -2.58. The van der Waals surface area contributed by atoms with Crippen LogP contribution in [0.4, 0.5) is 0 Å². The van der Waals surface area contributed by atoms with Crippen molar-refractivity contribution in [3.63, 3.8) is 0 Å². The van der Waals surface area contributed by atoms with Gasteiger partial charge in [-0.2, -0.15) is 0 Å². The van der Waals surface area contributed by atoms with E-state index >= 15 is 0 Å². The minimum absolute atomic E-state index is 0.0172. The fraction of sp³-hybridized carbons (Fsp3) is 0.593.